The van der Waals surface area contributed by atoms with E-state index >= 15 is 0 Å². The summed E-state index contributed by atoms with van der Waals surface area (Å²) in [6.07, 6.45) is 0.889. The van der Waals surface area contributed by atoms with E-state index in [1.165, 1.54) is 5.56 Å². The molecule has 0 radical (unpaired) electrons. The Labute approximate surface area is 98.8 Å². The Hall–Kier alpha value is -1.02. The second-order valence-electron chi connectivity index (χ2n) is 5.39. The minimum atomic E-state index is 0.167. The molecule has 0 saturated heterocycles. The van der Waals surface area contributed by atoms with Crippen LogP contribution in [0.2, 0.25) is 0 Å². The largest absolute Gasteiger partial charge is 0.494 e. The molecule has 2 heteroatoms. The minimum Gasteiger partial charge on any atom is -0.494 e. The Kier molecular flexibility index (Phi) is 4.36. The maximum Gasteiger partial charge on any atom is 0.119 e. The van der Waals surface area contributed by atoms with Crippen LogP contribution in [0.5, 0.6) is 5.75 Å². The SMILES string of the molecule is C[C@@H](N)CCOc1cccc(C(C)(C)C)c1. The van der Waals surface area contributed by atoms with Crippen molar-refractivity contribution < 1.29 is 4.74 Å². The zero-order valence-electron chi connectivity index (χ0n) is 10.8. The highest BCUT2D eigenvalue weighted by Crippen LogP contribution is 2.25. The molecule has 2 nitrogen and oxygen atoms in total. The molecule has 0 unspecified atom stereocenters. The first kappa shape index (κ1) is 13.0. The van der Waals surface area contributed by atoms with Gasteiger partial charge in [0.2, 0.25) is 0 Å². The van der Waals surface area contributed by atoms with Crippen molar-refractivity contribution in [3.05, 3.63) is 29.8 Å². The first-order valence-electron chi connectivity index (χ1n) is 5.88. The first-order chi connectivity index (χ1) is 7.39. The lowest BCUT2D eigenvalue weighted by atomic mass is 9.87. The van der Waals surface area contributed by atoms with Gasteiger partial charge in [-0.05, 0) is 36.5 Å². The molecule has 1 rings (SSSR count). The lowest BCUT2D eigenvalue weighted by Crippen LogP contribution is -2.18. The van der Waals surface area contributed by atoms with Crippen LogP contribution < -0.4 is 10.5 Å². The van der Waals surface area contributed by atoms with Crippen molar-refractivity contribution in [1.29, 1.82) is 0 Å². The third-order valence-electron chi connectivity index (χ3n) is 2.54. The van der Waals surface area contributed by atoms with Gasteiger partial charge >= 0.3 is 0 Å². The van der Waals surface area contributed by atoms with Crippen molar-refractivity contribution in [3.63, 3.8) is 0 Å². The maximum absolute atomic E-state index is 5.68. The predicted molar refractivity (Wildman–Crippen MR) is 68.9 cm³/mol. The summed E-state index contributed by atoms with van der Waals surface area (Å²) >= 11 is 0. The molecule has 16 heavy (non-hydrogen) atoms. The summed E-state index contributed by atoms with van der Waals surface area (Å²) in [7, 11) is 0. The van der Waals surface area contributed by atoms with Crippen molar-refractivity contribution in [2.45, 2.75) is 45.6 Å². The van der Waals surface area contributed by atoms with Gasteiger partial charge < -0.3 is 10.5 Å². The fourth-order valence-corrected chi connectivity index (χ4v) is 1.42. The zero-order valence-corrected chi connectivity index (χ0v) is 10.8. The standard InChI is InChI=1S/C14H23NO/c1-11(15)8-9-16-13-7-5-6-12(10-13)14(2,3)4/h5-7,10-11H,8-9,15H2,1-4H3/t11-/m1/s1. The van der Waals surface area contributed by atoms with E-state index in [0.29, 0.717) is 6.61 Å². The van der Waals surface area contributed by atoms with E-state index in [0.717, 1.165) is 12.2 Å². The lowest BCUT2D eigenvalue weighted by Gasteiger charge is -2.19. The Morgan fingerprint density at radius 3 is 2.56 bits per heavy atom. The van der Waals surface area contributed by atoms with Crippen LogP contribution in [0.25, 0.3) is 0 Å². The van der Waals surface area contributed by atoms with Gasteiger partial charge in [-0.1, -0.05) is 32.9 Å². The molecule has 0 saturated carbocycles. The highest BCUT2D eigenvalue weighted by Gasteiger charge is 2.13. The van der Waals surface area contributed by atoms with Gasteiger partial charge in [0.1, 0.15) is 5.75 Å². The van der Waals surface area contributed by atoms with E-state index in [1.54, 1.807) is 0 Å². The molecule has 0 fully saturated rings. The van der Waals surface area contributed by atoms with Crippen molar-refractivity contribution in [2.75, 3.05) is 6.61 Å². The normalized spacial score (nSPS) is 13.6. The number of hydrogen-bond acceptors (Lipinski definition) is 2. The second kappa shape index (κ2) is 5.35. The summed E-state index contributed by atoms with van der Waals surface area (Å²) in [5, 5.41) is 0. The molecular weight excluding hydrogens is 198 g/mol. The summed E-state index contributed by atoms with van der Waals surface area (Å²) in [6, 6.07) is 8.49. The topological polar surface area (TPSA) is 35.2 Å². The Morgan fingerprint density at radius 1 is 1.31 bits per heavy atom. The highest BCUT2D eigenvalue weighted by molar-refractivity contribution is 5.32. The fourth-order valence-electron chi connectivity index (χ4n) is 1.42. The highest BCUT2D eigenvalue weighted by atomic mass is 16.5. The van der Waals surface area contributed by atoms with Gasteiger partial charge in [-0.15, -0.1) is 0 Å². The molecule has 0 spiro atoms. The van der Waals surface area contributed by atoms with Crippen LogP contribution >= 0.6 is 0 Å². The quantitative estimate of drug-likeness (QED) is 0.848. The van der Waals surface area contributed by atoms with Crippen LogP contribution in [-0.4, -0.2) is 12.6 Å². The average Bonchev–Trinajstić information content (AvgIpc) is 2.16. The van der Waals surface area contributed by atoms with Crippen LogP contribution in [0.15, 0.2) is 24.3 Å². The Balaban J connectivity index is 2.61. The van der Waals surface area contributed by atoms with E-state index in [9.17, 15) is 0 Å². The monoisotopic (exact) mass is 221 g/mol. The molecule has 0 bridgehead atoms. The smallest absolute Gasteiger partial charge is 0.119 e. The third-order valence-corrected chi connectivity index (χ3v) is 2.54. The van der Waals surface area contributed by atoms with Crippen LogP contribution in [0.1, 0.15) is 39.7 Å². The van der Waals surface area contributed by atoms with Gasteiger partial charge in [0.05, 0.1) is 6.61 Å². The average molecular weight is 221 g/mol. The van der Waals surface area contributed by atoms with Crippen LogP contribution in [-0.2, 0) is 5.41 Å². The molecule has 0 aromatic heterocycles. The molecule has 0 aliphatic heterocycles. The molecule has 90 valence electrons. The van der Waals surface area contributed by atoms with Gasteiger partial charge in [0, 0.05) is 6.04 Å². The number of ether oxygens (including phenoxy) is 1. The molecule has 1 aromatic rings. The zero-order chi connectivity index (χ0) is 12.2. The lowest BCUT2D eigenvalue weighted by molar-refractivity contribution is 0.300. The van der Waals surface area contributed by atoms with Crippen LogP contribution in [0, 0.1) is 0 Å². The number of hydrogen-bond donors (Lipinski definition) is 1. The third kappa shape index (κ3) is 4.23. The Morgan fingerprint density at radius 2 is 2.00 bits per heavy atom. The molecule has 0 amide bonds. The van der Waals surface area contributed by atoms with Crippen molar-refractivity contribution in [3.8, 4) is 5.75 Å². The molecule has 0 aliphatic rings. The summed E-state index contributed by atoms with van der Waals surface area (Å²) in [5.74, 6) is 0.938. The molecule has 2 N–H and O–H groups in total. The number of rotatable bonds is 4. The predicted octanol–water partition coefficient (Wildman–Crippen LogP) is 3.10. The minimum absolute atomic E-state index is 0.167. The summed E-state index contributed by atoms with van der Waals surface area (Å²) in [4.78, 5) is 0. The molecule has 1 aromatic carbocycles. The van der Waals surface area contributed by atoms with Gasteiger partial charge in [0.15, 0.2) is 0 Å². The van der Waals surface area contributed by atoms with Crippen molar-refractivity contribution in [2.24, 2.45) is 5.73 Å². The van der Waals surface area contributed by atoms with E-state index in [1.807, 2.05) is 19.1 Å². The number of benzene rings is 1. The van der Waals surface area contributed by atoms with Crippen molar-refractivity contribution >= 4 is 0 Å². The van der Waals surface area contributed by atoms with E-state index in [-0.39, 0.29) is 11.5 Å². The van der Waals surface area contributed by atoms with Gasteiger partial charge in [-0.2, -0.15) is 0 Å². The second-order valence-corrected chi connectivity index (χ2v) is 5.39. The Bertz CT molecular complexity index is 326. The molecule has 1 atom stereocenters. The van der Waals surface area contributed by atoms with Crippen LogP contribution in [0.3, 0.4) is 0 Å². The molecule has 0 heterocycles. The number of nitrogens with two attached hydrogens (primary N) is 1. The summed E-state index contributed by atoms with van der Waals surface area (Å²) in [6.45, 7) is 9.29. The maximum atomic E-state index is 5.68. The first-order valence-corrected chi connectivity index (χ1v) is 5.88. The van der Waals surface area contributed by atoms with Gasteiger partial charge in [-0.3, -0.25) is 0 Å². The van der Waals surface area contributed by atoms with Gasteiger partial charge in [-0.25, -0.2) is 0 Å². The van der Waals surface area contributed by atoms with E-state index in [4.69, 9.17) is 10.5 Å². The van der Waals surface area contributed by atoms with Gasteiger partial charge in [0.25, 0.3) is 0 Å². The van der Waals surface area contributed by atoms with E-state index < -0.39 is 0 Å². The van der Waals surface area contributed by atoms with Crippen LogP contribution in [0.4, 0.5) is 0 Å². The van der Waals surface area contributed by atoms with E-state index in [2.05, 4.69) is 32.9 Å². The fraction of sp³-hybridized carbons (Fsp3) is 0.571. The summed E-state index contributed by atoms with van der Waals surface area (Å²) in [5.41, 5.74) is 7.14. The molecular formula is C14H23NO. The van der Waals surface area contributed by atoms with Crippen molar-refractivity contribution in [1.82, 2.24) is 0 Å². The molecule has 0 aliphatic carbocycles. The summed E-state index contributed by atoms with van der Waals surface area (Å²) < 4.78 is 5.67.